The van der Waals surface area contributed by atoms with Crippen molar-refractivity contribution in [1.82, 2.24) is 0 Å². The molecule has 0 spiro atoms. The van der Waals surface area contributed by atoms with Gasteiger partial charge in [0.05, 0.1) is 6.61 Å². The summed E-state index contributed by atoms with van der Waals surface area (Å²) in [6, 6.07) is 13.9. The highest BCUT2D eigenvalue weighted by molar-refractivity contribution is 5.98. The van der Waals surface area contributed by atoms with E-state index in [1.54, 1.807) is 6.92 Å². The molecule has 0 heterocycles. The highest BCUT2D eigenvalue weighted by Crippen LogP contribution is 2.19. The van der Waals surface area contributed by atoms with Crippen molar-refractivity contribution in [2.75, 3.05) is 6.61 Å². The number of carbonyl (C=O) groups excluding carboxylic acids is 2. The van der Waals surface area contributed by atoms with Gasteiger partial charge in [0.15, 0.2) is 5.78 Å². The van der Waals surface area contributed by atoms with Gasteiger partial charge in [0.2, 0.25) is 5.76 Å². The highest BCUT2D eigenvalue weighted by atomic mass is 16.5. The first kappa shape index (κ1) is 15.8. The molecule has 0 aromatic heterocycles. The lowest BCUT2D eigenvalue weighted by Crippen LogP contribution is -2.09. The Kier molecular flexibility index (Phi) is 5.31. The number of fused-ring (bicyclic) bond motifs is 1. The summed E-state index contributed by atoms with van der Waals surface area (Å²) in [7, 11) is 0. The SMILES string of the molecule is CCOC(=O)/C(O)=C/C(=O)CCc1cccc2ccccc12. The Morgan fingerprint density at radius 3 is 2.64 bits per heavy atom. The number of aliphatic hydroxyl groups is 1. The molecule has 1 N–H and O–H groups in total. The predicted octanol–water partition coefficient (Wildman–Crippen LogP) is 3.35. The lowest BCUT2D eigenvalue weighted by molar-refractivity contribution is -0.141. The summed E-state index contributed by atoms with van der Waals surface area (Å²) in [6.07, 6.45) is 1.70. The minimum absolute atomic E-state index is 0.154. The fourth-order valence-electron chi connectivity index (χ4n) is 2.26. The number of hydrogen-bond donors (Lipinski definition) is 1. The van der Waals surface area contributed by atoms with Crippen LogP contribution in [0.25, 0.3) is 10.8 Å². The topological polar surface area (TPSA) is 63.6 Å². The first-order chi connectivity index (χ1) is 10.6. The summed E-state index contributed by atoms with van der Waals surface area (Å²) in [5, 5.41) is 11.7. The van der Waals surface area contributed by atoms with Gasteiger partial charge in [0.25, 0.3) is 0 Å². The molecule has 0 aliphatic rings. The molecular weight excluding hydrogens is 280 g/mol. The van der Waals surface area contributed by atoms with E-state index in [0.717, 1.165) is 22.4 Å². The molecule has 0 aliphatic carbocycles. The molecule has 0 atom stereocenters. The number of aliphatic hydroxyl groups excluding tert-OH is 1. The Morgan fingerprint density at radius 2 is 1.86 bits per heavy atom. The number of ether oxygens (including phenoxy) is 1. The Labute approximate surface area is 129 Å². The molecule has 4 nitrogen and oxygen atoms in total. The van der Waals surface area contributed by atoms with Crippen LogP contribution in [0.15, 0.2) is 54.3 Å². The summed E-state index contributed by atoms with van der Waals surface area (Å²) in [5.41, 5.74) is 1.07. The average Bonchev–Trinajstić information content (AvgIpc) is 2.53. The smallest absolute Gasteiger partial charge is 0.373 e. The van der Waals surface area contributed by atoms with Gasteiger partial charge in [-0.2, -0.15) is 0 Å². The Bertz CT molecular complexity index is 711. The summed E-state index contributed by atoms with van der Waals surface area (Å²) >= 11 is 0. The second-order valence-corrected chi connectivity index (χ2v) is 4.85. The number of carbonyl (C=O) groups is 2. The van der Waals surface area contributed by atoms with E-state index in [2.05, 4.69) is 4.74 Å². The molecule has 4 heteroatoms. The molecule has 0 bridgehead atoms. The third-order valence-corrected chi connectivity index (χ3v) is 3.30. The Hall–Kier alpha value is -2.62. The van der Waals surface area contributed by atoms with Crippen molar-refractivity contribution in [2.45, 2.75) is 19.8 Å². The summed E-state index contributed by atoms with van der Waals surface area (Å²) < 4.78 is 4.62. The molecular formula is C18H18O4. The number of hydrogen-bond acceptors (Lipinski definition) is 4. The molecule has 0 radical (unpaired) electrons. The second kappa shape index (κ2) is 7.41. The normalized spacial score (nSPS) is 11.4. The average molecular weight is 298 g/mol. The molecule has 0 aliphatic heterocycles. The van der Waals surface area contributed by atoms with Crippen LogP contribution in [0, 0.1) is 0 Å². The minimum Gasteiger partial charge on any atom is -0.502 e. The molecule has 114 valence electrons. The standard InChI is InChI=1S/C18H18O4/c1-2-22-18(21)17(20)12-15(19)11-10-14-8-5-7-13-6-3-4-9-16(13)14/h3-9,12,20H,2,10-11H2,1H3/b17-12-. The van der Waals surface area contributed by atoms with Crippen LogP contribution in [0.1, 0.15) is 18.9 Å². The van der Waals surface area contributed by atoms with Gasteiger partial charge in [-0.3, -0.25) is 4.79 Å². The first-order valence-electron chi connectivity index (χ1n) is 7.19. The summed E-state index contributed by atoms with van der Waals surface area (Å²) in [4.78, 5) is 23.1. The molecule has 2 aromatic carbocycles. The van der Waals surface area contributed by atoms with Crippen LogP contribution in [0.5, 0.6) is 0 Å². The van der Waals surface area contributed by atoms with E-state index in [4.69, 9.17) is 0 Å². The van der Waals surface area contributed by atoms with Crippen LogP contribution >= 0.6 is 0 Å². The van der Waals surface area contributed by atoms with Crippen molar-refractivity contribution < 1.29 is 19.4 Å². The van der Waals surface area contributed by atoms with Crippen molar-refractivity contribution in [3.63, 3.8) is 0 Å². The molecule has 0 saturated heterocycles. The van der Waals surface area contributed by atoms with Gasteiger partial charge in [0, 0.05) is 12.5 Å². The lowest BCUT2D eigenvalue weighted by atomic mass is 10.00. The predicted molar refractivity (Wildman–Crippen MR) is 84.6 cm³/mol. The van der Waals surface area contributed by atoms with E-state index >= 15 is 0 Å². The van der Waals surface area contributed by atoms with Crippen molar-refractivity contribution in [1.29, 1.82) is 0 Å². The highest BCUT2D eigenvalue weighted by Gasteiger charge is 2.11. The number of benzene rings is 2. The van der Waals surface area contributed by atoms with Crippen LogP contribution in [0.3, 0.4) is 0 Å². The van der Waals surface area contributed by atoms with Crippen LogP contribution in [-0.2, 0) is 20.7 Å². The van der Waals surface area contributed by atoms with Gasteiger partial charge < -0.3 is 9.84 Å². The van der Waals surface area contributed by atoms with E-state index in [-0.39, 0.29) is 18.8 Å². The Morgan fingerprint density at radius 1 is 1.14 bits per heavy atom. The van der Waals surface area contributed by atoms with E-state index in [1.165, 1.54) is 0 Å². The molecule has 0 unspecified atom stereocenters. The first-order valence-corrected chi connectivity index (χ1v) is 7.19. The summed E-state index contributed by atoms with van der Waals surface area (Å²) in [6.45, 7) is 1.79. The van der Waals surface area contributed by atoms with Gasteiger partial charge in [-0.1, -0.05) is 42.5 Å². The van der Waals surface area contributed by atoms with Gasteiger partial charge in [0.1, 0.15) is 0 Å². The number of esters is 1. The molecule has 0 saturated carbocycles. The lowest BCUT2D eigenvalue weighted by Gasteiger charge is -2.05. The summed E-state index contributed by atoms with van der Waals surface area (Å²) in [5.74, 6) is -1.83. The zero-order chi connectivity index (χ0) is 15.9. The molecule has 2 aromatic rings. The maximum atomic E-state index is 11.8. The van der Waals surface area contributed by atoms with Gasteiger partial charge in [-0.25, -0.2) is 4.79 Å². The largest absolute Gasteiger partial charge is 0.502 e. The monoisotopic (exact) mass is 298 g/mol. The quantitative estimate of drug-likeness (QED) is 0.504. The van der Waals surface area contributed by atoms with E-state index in [0.29, 0.717) is 6.42 Å². The number of allylic oxidation sites excluding steroid dienone is 1. The van der Waals surface area contributed by atoms with Crippen molar-refractivity contribution in [3.8, 4) is 0 Å². The maximum absolute atomic E-state index is 11.8. The van der Waals surface area contributed by atoms with Crippen LogP contribution in [0.4, 0.5) is 0 Å². The van der Waals surface area contributed by atoms with Gasteiger partial charge in [-0.05, 0) is 29.7 Å². The van der Waals surface area contributed by atoms with Gasteiger partial charge >= 0.3 is 5.97 Å². The zero-order valence-electron chi connectivity index (χ0n) is 12.4. The molecule has 0 amide bonds. The molecule has 0 fully saturated rings. The molecule has 22 heavy (non-hydrogen) atoms. The zero-order valence-corrected chi connectivity index (χ0v) is 12.4. The number of rotatable bonds is 6. The van der Waals surface area contributed by atoms with Crippen molar-refractivity contribution >= 4 is 22.5 Å². The third-order valence-electron chi connectivity index (χ3n) is 3.30. The fourth-order valence-corrected chi connectivity index (χ4v) is 2.26. The maximum Gasteiger partial charge on any atom is 0.373 e. The fraction of sp³-hybridized carbons (Fsp3) is 0.222. The van der Waals surface area contributed by atoms with Gasteiger partial charge in [-0.15, -0.1) is 0 Å². The van der Waals surface area contributed by atoms with Crippen LogP contribution in [0.2, 0.25) is 0 Å². The van der Waals surface area contributed by atoms with E-state index in [9.17, 15) is 14.7 Å². The minimum atomic E-state index is -0.874. The van der Waals surface area contributed by atoms with E-state index < -0.39 is 11.7 Å². The van der Waals surface area contributed by atoms with Crippen molar-refractivity contribution in [2.24, 2.45) is 0 Å². The van der Waals surface area contributed by atoms with Crippen molar-refractivity contribution in [3.05, 3.63) is 59.9 Å². The third kappa shape index (κ3) is 3.95. The second-order valence-electron chi connectivity index (χ2n) is 4.85. The van der Waals surface area contributed by atoms with Crippen LogP contribution in [-0.4, -0.2) is 23.5 Å². The van der Waals surface area contributed by atoms with E-state index in [1.807, 2.05) is 42.5 Å². The Balaban J connectivity index is 2.04. The van der Waals surface area contributed by atoms with Crippen LogP contribution < -0.4 is 0 Å². The number of aryl methyl sites for hydroxylation is 1. The molecule has 2 rings (SSSR count). The number of ketones is 1.